The van der Waals surface area contributed by atoms with Crippen LogP contribution in [0.4, 0.5) is 0 Å². The van der Waals surface area contributed by atoms with E-state index in [1.807, 2.05) is 0 Å². The van der Waals surface area contributed by atoms with Gasteiger partial charge in [0.1, 0.15) is 5.82 Å². The zero-order valence-corrected chi connectivity index (χ0v) is 49.0. The second-order valence-electron chi connectivity index (χ2n) is 19.9. The molecule has 0 aliphatic heterocycles. The summed E-state index contributed by atoms with van der Waals surface area (Å²) in [4.78, 5) is 4.65. The number of para-hydroxylation sites is 1. The van der Waals surface area contributed by atoms with E-state index in [9.17, 15) is 26.0 Å². The van der Waals surface area contributed by atoms with E-state index in [0.717, 1.165) is 27.5 Å². The van der Waals surface area contributed by atoms with Crippen LogP contribution in [0.15, 0.2) is 315 Å². The summed E-state index contributed by atoms with van der Waals surface area (Å²) in [6.07, 6.45) is 4.22. The Morgan fingerprint density at radius 2 is 0.935 bits per heavy atom. The monoisotopic (exact) mass is 1400 g/mol. The first kappa shape index (κ1) is 27.5. The van der Waals surface area contributed by atoms with Gasteiger partial charge in [0, 0.05) is 58.1 Å². The van der Waals surface area contributed by atoms with E-state index >= 15 is 0 Å². The molecule has 0 aliphatic rings. The molecule has 6 heteroatoms. The van der Waals surface area contributed by atoms with Crippen LogP contribution >= 0.6 is 0 Å². The second-order valence-corrected chi connectivity index (χ2v) is 19.9. The van der Waals surface area contributed by atoms with Gasteiger partial charge in [-0.15, -0.1) is 29.7 Å². The Morgan fingerprint density at radius 3 is 1.48 bits per heavy atom. The van der Waals surface area contributed by atoms with Crippen LogP contribution in [0, 0.1) is 32.2 Å². The molecule has 0 radical (unpaired) electrons. The predicted molar refractivity (Wildman–Crippen MR) is 373 cm³/mol. The summed E-state index contributed by atoms with van der Waals surface area (Å²) in [7, 11) is 0. The van der Waals surface area contributed by atoms with E-state index in [0.29, 0.717) is 16.3 Å². The fraction of sp³-hybridized carbons (Fsp3) is 0.0233. The average Bonchev–Trinajstić information content (AvgIpc) is 1.16. The number of nitrogens with zero attached hydrogens (tertiary/aromatic N) is 4. The number of pyridine rings is 1. The van der Waals surface area contributed by atoms with Crippen LogP contribution in [-0.2, 0) is 21.1 Å². The van der Waals surface area contributed by atoms with Crippen LogP contribution in [0.5, 0.6) is 11.5 Å². The van der Waals surface area contributed by atoms with Crippen molar-refractivity contribution in [2.45, 2.75) is 13.7 Å². The number of imidazole rings is 1. The van der Waals surface area contributed by atoms with Crippen LogP contribution in [0.25, 0.3) is 139 Å². The van der Waals surface area contributed by atoms with Gasteiger partial charge in [-0.1, -0.05) is 235 Å². The molecule has 0 atom stereocenters. The maximum Gasteiger partial charge on any atom is 0.268 e. The molecule has 3 aromatic heterocycles. The van der Waals surface area contributed by atoms with Crippen molar-refractivity contribution in [3.05, 3.63) is 344 Å². The molecule has 16 aromatic rings. The first-order valence-electron chi connectivity index (χ1n) is 48.4. The summed E-state index contributed by atoms with van der Waals surface area (Å²) in [6.45, 7) is -6.60. The molecule has 0 amide bonds. The molecule has 0 saturated carbocycles. The molecule has 0 unspecified atom stereocenters. The number of aromatic nitrogens is 4. The molecule has 16 rings (SSSR count). The van der Waals surface area contributed by atoms with Crippen LogP contribution in [0.2, 0.25) is 0 Å². The van der Waals surface area contributed by atoms with E-state index in [4.69, 9.17) is 36.3 Å². The number of fused-ring (bicyclic) bond motifs is 4. The standard InChI is InChI=1S/C86H58N4O.Pt/c1-58-44-78(71-49-67(61-26-11-4-12-27-61)47-68(50-71)62-28-13-5-14-29-62)86(79(45-58)72-51-69(63-30-15-6-16-31-63)48-70(52-72)64-32-17-7-18-33-64)89-57-88(84-53-66(40-43-82(84)89)60-24-9-3-10-25-60)73-36-23-37-74(54-73)91-75-41-42-77-76-38-21-22-39-81(76)90(83(77)55-75)85-46-59(2)80(56-87-85)65-34-19-8-20-35-65;/h3-53,56H,1-2H3;/q-2;/i1D3,2D3,3D,4D,5D,6D,7D,8D,9D,10D,11D,12D,13D,14D,15D,16D,17D,18D,19D,20D,24D,25D,26D,27D,28D,29D,30D,31D,32D,33D,34D,35D,47D,48D,49D,50D,51D,52D;. The minimum absolute atomic E-state index is 0. The Bertz CT molecular complexity index is 7320. The first-order chi connectivity index (χ1) is 62.3. The van der Waals surface area contributed by atoms with Crippen LogP contribution < -0.4 is 9.30 Å². The van der Waals surface area contributed by atoms with Crippen molar-refractivity contribution in [3.8, 4) is 118 Å². The Balaban J connectivity index is 0.0000137. The zero-order valence-electron chi connectivity index (χ0n) is 88.8. The predicted octanol–water partition coefficient (Wildman–Crippen LogP) is 21.5. The van der Waals surface area contributed by atoms with Gasteiger partial charge in [0.05, 0.1) is 66.1 Å². The minimum atomic E-state index is -3.58. The van der Waals surface area contributed by atoms with Crippen LogP contribution in [0.1, 0.15) is 68.7 Å². The average molecular weight is 1400 g/mol. The molecular formula is C86H58N4OPt-2. The van der Waals surface area contributed by atoms with Gasteiger partial charge >= 0.3 is 0 Å². The van der Waals surface area contributed by atoms with Crippen LogP contribution in [-0.4, -0.2) is 14.1 Å². The third-order valence-corrected chi connectivity index (χ3v) is 14.5. The molecule has 3 heterocycles. The molecule has 0 N–H and O–H groups in total. The molecule has 0 aliphatic carbocycles. The number of benzene rings is 13. The Morgan fingerprint density at radius 1 is 0.424 bits per heavy atom. The molecule has 0 saturated heterocycles. The summed E-state index contributed by atoms with van der Waals surface area (Å²) in [5, 5.41) is 1.05. The van der Waals surface area contributed by atoms with Crippen molar-refractivity contribution < 1.29 is 87.9 Å². The third kappa shape index (κ3) is 10.9. The van der Waals surface area contributed by atoms with Gasteiger partial charge in [0.15, 0.2) is 0 Å². The first-order valence-corrected chi connectivity index (χ1v) is 27.4. The summed E-state index contributed by atoms with van der Waals surface area (Å²) in [5.41, 5.74) is -16.0. The molecular weight excluding hydrogens is 1300 g/mol. The van der Waals surface area contributed by atoms with Gasteiger partial charge in [0.2, 0.25) is 0 Å². The molecule has 13 aromatic carbocycles. The van der Waals surface area contributed by atoms with Gasteiger partial charge in [-0.3, -0.25) is 4.57 Å². The van der Waals surface area contributed by atoms with Crippen molar-refractivity contribution in [2.75, 3.05) is 0 Å². The van der Waals surface area contributed by atoms with Crippen molar-refractivity contribution >= 4 is 32.8 Å². The quantitative estimate of drug-likeness (QED) is 0.0852. The number of ether oxygens (including phenoxy) is 1. The minimum Gasteiger partial charge on any atom is -0.510 e. The van der Waals surface area contributed by atoms with E-state index < -0.39 is 326 Å². The Kier molecular flexibility index (Phi) is 7.35. The molecule has 0 spiro atoms. The van der Waals surface area contributed by atoms with E-state index in [-0.39, 0.29) is 71.7 Å². The maximum atomic E-state index is 10.6. The summed E-state index contributed by atoms with van der Waals surface area (Å²) < 4.78 is 396. The molecule has 5 nitrogen and oxygen atoms in total. The number of rotatable bonds is 13. The van der Waals surface area contributed by atoms with Crippen LogP contribution in [0.3, 0.4) is 0 Å². The number of aryl methyl sites for hydroxylation is 2. The molecule has 0 bridgehead atoms. The Labute approximate surface area is 609 Å². The normalized spacial score (nSPS) is 18.0. The second kappa shape index (κ2) is 24.6. The van der Waals surface area contributed by atoms with Gasteiger partial charge in [0.25, 0.3) is 6.33 Å². The fourth-order valence-corrected chi connectivity index (χ4v) is 10.5. The van der Waals surface area contributed by atoms with Gasteiger partial charge in [-0.25, -0.2) is 4.98 Å². The smallest absolute Gasteiger partial charge is 0.268 e. The van der Waals surface area contributed by atoms with Gasteiger partial charge in [-0.2, -0.15) is 18.2 Å². The van der Waals surface area contributed by atoms with Crippen molar-refractivity contribution in [1.82, 2.24) is 14.1 Å². The van der Waals surface area contributed by atoms with Gasteiger partial charge in [-0.05, 0) is 168 Å². The largest absolute Gasteiger partial charge is 0.510 e. The number of hydrogen-bond acceptors (Lipinski definition) is 2. The Hall–Kier alpha value is -11.2. The molecule has 92 heavy (non-hydrogen) atoms. The van der Waals surface area contributed by atoms with E-state index in [1.165, 1.54) is 53.1 Å². The van der Waals surface area contributed by atoms with Crippen molar-refractivity contribution in [2.24, 2.45) is 0 Å². The summed E-state index contributed by atoms with van der Waals surface area (Å²) in [5.74, 6) is -0.383. The maximum absolute atomic E-state index is 10.6. The summed E-state index contributed by atoms with van der Waals surface area (Å²) in [6, 6.07) is -10.3. The fourth-order valence-electron chi connectivity index (χ4n) is 10.5. The molecule has 440 valence electrons. The van der Waals surface area contributed by atoms with Gasteiger partial charge < -0.3 is 13.9 Å². The summed E-state index contributed by atoms with van der Waals surface area (Å²) >= 11 is 0. The third-order valence-electron chi connectivity index (χ3n) is 14.5. The zero-order chi connectivity index (χ0) is 97.1. The van der Waals surface area contributed by atoms with Crippen molar-refractivity contribution in [1.29, 1.82) is 0 Å². The van der Waals surface area contributed by atoms with E-state index in [1.54, 1.807) is 30.3 Å². The number of hydrogen-bond donors (Lipinski definition) is 0. The SMILES string of the molecule is [2H]c1c([2H])c([2H])c(-c2ccc3c(c2)n(-c2[c-]c(Oc4[c-]c5c(cc4)c4ccccc4n5-c4cc(C([2H])([2H])[2H])c(-c5c([2H])c([2H])c([2H])c([2H])c5[2H])cn4)ccc2)[c-][n+]3-c2c(-c3c([2H])c(-c4c([2H])c([2H])c([2H])c([2H])c4[2H])c([2H])c(-c4c([2H])c([2H])c([2H])c([2H])c4[2H])c3[2H])cc(C([2H])([2H])[2H])cc2-c2c([2H])c(-c3c([2H])c([2H])c([2H])c([2H])c3[2H])c([2H])c(-c3c([2H])c([2H])c([2H])c([2H])c3[2H])c2[2H])c([2H])c1[2H].[Pt]. The van der Waals surface area contributed by atoms with E-state index in [2.05, 4.69) is 23.4 Å². The molecule has 0 fully saturated rings. The topological polar surface area (TPSA) is 35.9 Å². The van der Waals surface area contributed by atoms with Crippen molar-refractivity contribution in [3.63, 3.8) is 0 Å².